The largest absolute Gasteiger partial charge is 0.506 e. The van der Waals surface area contributed by atoms with Crippen molar-refractivity contribution in [3.05, 3.63) is 329 Å². The third kappa shape index (κ3) is 28.2. The number of phenols is 4. The lowest BCUT2D eigenvalue weighted by Crippen LogP contribution is -2.34. The Labute approximate surface area is 806 Å². The highest BCUT2D eigenvalue weighted by molar-refractivity contribution is 7.93. The van der Waals surface area contributed by atoms with Gasteiger partial charge in [0.2, 0.25) is 23.6 Å². The minimum atomic E-state index is -4.56. The number of alkyl halides is 3. The summed E-state index contributed by atoms with van der Waals surface area (Å²) in [6.45, 7) is 13.8. The van der Waals surface area contributed by atoms with Crippen molar-refractivity contribution in [3.63, 3.8) is 0 Å². The van der Waals surface area contributed by atoms with Crippen molar-refractivity contribution in [2.75, 3.05) is 48.3 Å². The Kier molecular flexibility index (Phi) is 36.2. The van der Waals surface area contributed by atoms with Crippen LogP contribution in [0.4, 0.5) is 58.7 Å². The highest BCUT2D eigenvalue weighted by atomic mass is 35.5. The van der Waals surface area contributed by atoms with Crippen molar-refractivity contribution >= 4 is 190 Å². The first-order valence-electron chi connectivity index (χ1n) is 40.8. The second kappa shape index (κ2) is 46.3. The van der Waals surface area contributed by atoms with E-state index < -0.39 is 126 Å². The van der Waals surface area contributed by atoms with E-state index in [4.69, 9.17) is 58.0 Å². The summed E-state index contributed by atoms with van der Waals surface area (Å²) in [7, 11) is -15.8. The van der Waals surface area contributed by atoms with E-state index in [9.17, 15) is 106 Å². The Morgan fingerprint density at radius 2 is 0.581 bits per heavy atom. The number of carbonyl (C=O) groups is 8. The smallest absolute Gasteiger partial charge is 0.416 e. The van der Waals surface area contributed by atoms with Gasteiger partial charge in [-0.15, -0.1) is 0 Å². The zero-order valence-electron chi connectivity index (χ0n) is 73.2. The van der Waals surface area contributed by atoms with Gasteiger partial charge < -0.3 is 63.0 Å². The van der Waals surface area contributed by atoms with E-state index in [0.29, 0.717) is 27.3 Å². The summed E-state index contributed by atoms with van der Waals surface area (Å²) in [6, 6.07) is 59.1. The molecular formula is C96H88Cl5F3N8O20S4. The SMILES string of the molecule is CCC(C(=O)Nc1cc(O)c(NC(=O)c2ccc(C(F)(F)F)cc2)cc1Cl)S(=O)(=O)c1cccc(C)c1.CCC(C(=O)Nc1cc(O)c(NC(=O)c2ccc(C)cc2)cc1Cl)S(=O)(=O)c1ccc(C)cc1.CCC(C(=O)Nc1cc(O)c(NC(=O)c2ccc(C)cc2)cc1Cl)S(=O)(=O)c1ccc(Cl)cc1.Cc1cccc(S(=O)(=O)CC(=O)Nc2cc(O)c(NC(=O)c3ccccc3)cc2Cl)c1. The van der Waals surface area contributed by atoms with E-state index >= 15 is 0 Å². The van der Waals surface area contributed by atoms with Crippen molar-refractivity contribution in [3.8, 4) is 23.0 Å². The number of phenolic OH excluding ortho intramolecular Hbond substituents is 4. The molecule has 8 amide bonds. The molecule has 0 spiro atoms. The third-order valence-corrected chi connectivity index (χ3v) is 29.9. The number of amides is 8. The fourth-order valence-corrected chi connectivity index (χ4v) is 20.0. The average Bonchev–Trinajstić information content (AvgIpc) is 0.796. The number of sulfone groups is 4. The molecule has 28 nitrogen and oxygen atoms in total. The second-order valence-electron chi connectivity index (χ2n) is 30.4. The van der Waals surface area contributed by atoms with Crippen LogP contribution in [-0.4, -0.2) is 123 Å². The predicted molar refractivity (Wildman–Crippen MR) is 520 cm³/mol. The first-order valence-corrected chi connectivity index (χ1v) is 49.0. The normalized spacial score (nSPS) is 12.0. The van der Waals surface area contributed by atoms with Crippen molar-refractivity contribution in [1.29, 1.82) is 0 Å². The van der Waals surface area contributed by atoms with Crippen LogP contribution in [0.3, 0.4) is 0 Å². The maximum absolute atomic E-state index is 13.0. The molecule has 136 heavy (non-hydrogen) atoms. The van der Waals surface area contributed by atoms with Gasteiger partial charge in [-0.3, -0.25) is 38.4 Å². The van der Waals surface area contributed by atoms with E-state index in [1.807, 2.05) is 20.8 Å². The average molecular weight is 2040 g/mol. The number of aryl methyl sites for hydroxylation is 5. The molecule has 0 bridgehead atoms. The molecule has 0 fully saturated rings. The van der Waals surface area contributed by atoms with Gasteiger partial charge in [0.05, 0.1) is 90.7 Å². The number of hydrogen-bond acceptors (Lipinski definition) is 20. The van der Waals surface area contributed by atoms with Gasteiger partial charge in [-0.05, 0) is 211 Å². The van der Waals surface area contributed by atoms with Crippen molar-refractivity contribution in [2.45, 2.75) is 116 Å². The zero-order valence-corrected chi connectivity index (χ0v) is 80.3. The molecule has 3 atom stereocenters. The van der Waals surface area contributed by atoms with Crippen LogP contribution >= 0.6 is 58.0 Å². The summed E-state index contributed by atoms with van der Waals surface area (Å²) < 4.78 is 141. The van der Waals surface area contributed by atoms with Crippen LogP contribution in [-0.2, 0) is 64.7 Å². The number of hydrogen-bond donors (Lipinski definition) is 12. The highest BCUT2D eigenvalue weighted by Gasteiger charge is 2.37. The molecular weight excluding hydrogens is 1950 g/mol. The number of anilines is 8. The van der Waals surface area contributed by atoms with Gasteiger partial charge in [-0.1, -0.05) is 174 Å². The number of rotatable bonds is 27. The fraction of sp³-hybridized carbons (Fsp3) is 0.167. The maximum Gasteiger partial charge on any atom is 0.416 e. The van der Waals surface area contributed by atoms with E-state index in [1.165, 1.54) is 85.8 Å². The third-order valence-electron chi connectivity index (χ3n) is 20.1. The summed E-state index contributed by atoms with van der Waals surface area (Å²) in [5.41, 5.74) is 4.38. The fourth-order valence-electron chi connectivity index (χ4n) is 12.8. The molecule has 12 N–H and O–H groups in total. The Bertz CT molecular complexity index is 6800. The van der Waals surface area contributed by atoms with Crippen molar-refractivity contribution < 1.29 is 106 Å². The van der Waals surface area contributed by atoms with Gasteiger partial charge in [0.25, 0.3) is 23.6 Å². The number of aromatic hydroxyl groups is 4. The van der Waals surface area contributed by atoms with Crippen LogP contribution in [0.1, 0.15) is 115 Å². The molecule has 40 heteroatoms. The van der Waals surface area contributed by atoms with Crippen molar-refractivity contribution in [1.82, 2.24) is 0 Å². The zero-order chi connectivity index (χ0) is 100. The molecule has 12 aromatic rings. The Morgan fingerprint density at radius 1 is 0.301 bits per heavy atom. The Balaban J connectivity index is 0.000000204. The molecule has 0 aliphatic carbocycles. The van der Waals surface area contributed by atoms with Crippen LogP contribution in [0, 0.1) is 34.6 Å². The molecule has 0 aromatic heterocycles. The van der Waals surface area contributed by atoms with Crippen LogP contribution < -0.4 is 42.5 Å². The minimum Gasteiger partial charge on any atom is -0.506 e. The molecule has 12 aromatic carbocycles. The van der Waals surface area contributed by atoms with E-state index in [1.54, 1.807) is 143 Å². The molecule has 0 aliphatic heterocycles. The van der Waals surface area contributed by atoms with Gasteiger partial charge in [0, 0.05) is 51.5 Å². The van der Waals surface area contributed by atoms with Gasteiger partial charge in [0.15, 0.2) is 39.3 Å². The van der Waals surface area contributed by atoms with E-state index in [-0.39, 0.29) is 127 Å². The molecule has 0 saturated heterocycles. The lowest BCUT2D eigenvalue weighted by molar-refractivity contribution is -0.137. The lowest BCUT2D eigenvalue weighted by Gasteiger charge is -2.18. The van der Waals surface area contributed by atoms with Gasteiger partial charge in [-0.2, -0.15) is 13.2 Å². The minimum absolute atomic E-state index is 0.00209. The topological polar surface area (TPSA) is 450 Å². The quantitative estimate of drug-likeness (QED) is 0.0213. The maximum atomic E-state index is 13.0. The number of halogens is 8. The first-order chi connectivity index (χ1) is 63.9. The highest BCUT2D eigenvalue weighted by Crippen LogP contribution is 2.41. The summed E-state index contributed by atoms with van der Waals surface area (Å²) in [6.07, 6.45) is -4.55. The van der Waals surface area contributed by atoms with Gasteiger partial charge >= 0.3 is 6.18 Å². The molecule has 0 heterocycles. The van der Waals surface area contributed by atoms with Gasteiger partial charge in [-0.25, -0.2) is 33.7 Å². The van der Waals surface area contributed by atoms with Crippen LogP contribution in [0.2, 0.25) is 25.1 Å². The monoisotopic (exact) mass is 2030 g/mol. The summed E-state index contributed by atoms with van der Waals surface area (Å²) in [5.74, 6) is -7.78. The molecule has 712 valence electrons. The Hall–Kier alpha value is -13.4. The summed E-state index contributed by atoms with van der Waals surface area (Å²) in [4.78, 5) is 100. The van der Waals surface area contributed by atoms with Crippen LogP contribution in [0.15, 0.2) is 268 Å². The molecule has 0 aliphatic rings. The van der Waals surface area contributed by atoms with Gasteiger partial charge in [0.1, 0.15) is 44.5 Å². The van der Waals surface area contributed by atoms with Crippen molar-refractivity contribution in [2.24, 2.45) is 0 Å². The molecule has 0 radical (unpaired) electrons. The number of nitrogens with one attached hydrogen (secondary N) is 8. The summed E-state index contributed by atoms with van der Waals surface area (Å²) >= 11 is 30.7. The lowest BCUT2D eigenvalue weighted by atomic mass is 10.1. The standard InChI is InChI=1S/C25H22ClF3N2O5S.C25H25ClN2O5S.C24H22Cl2N2O5S.C22H19ClN2O5S/c1-3-22(37(35,36)17-6-4-5-14(2)11-17)24(34)30-19-13-21(32)20(12-18(19)26)31-23(33)15-7-9-16(10-8-15)25(27,28)29;1-4-23(34(32,33)18-11-7-16(3)8-12-18)25(31)27-20-14-22(29)21(13-19(20)26)28-24(30)17-9-5-15(2)6-10-17;1-3-22(34(32,33)17-10-8-16(25)9-11-17)24(31)27-19-13-21(29)20(12-18(19)26)28-23(30)15-6-4-14(2)5-7-15;1-14-6-5-9-16(10-14)31(29,30)13-21(27)24-18-12-20(26)19(11-17(18)23)25-22(28)15-7-3-2-4-8-15/h4-13,22,32H,3H2,1-2H3,(H,30,34)(H,31,33);5-14,23,29H,4H2,1-3H3,(H,27,31)(H,28,30);4-13,22,29H,3H2,1-2H3,(H,27,31)(H,28,30);2-12,26H,13H2,1H3,(H,24,27)(H,25,28). The van der Waals surface area contributed by atoms with E-state index in [0.717, 1.165) is 76.9 Å². The Morgan fingerprint density at radius 3 is 0.897 bits per heavy atom. The molecule has 3 unspecified atom stereocenters. The predicted octanol–water partition coefficient (Wildman–Crippen LogP) is 20.4. The summed E-state index contributed by atoms with van der Waals surface area (Å²) in [5, 5.41) is 57.1. The molecule has 0 saturated carbocycles. The number of carbonyl (C=O) groups excluding carboxylic acids is 8. The number of benzene rings is 12. The second-order valence-corrected chi connectivity index (χ2v) is 40.8. The molecule has 12 rings (SSSR count). The first kappa shape index (κ1) is 106. The van der Waals surface area contributed by atoms with E-state index in [2.05, 4.69) is 42.5 Å². The van der Waals surface area contributed by atoms with Crippen LogP contribution in [0.25, 0.3) is 0 Å². The van der Waals surface area contributed by atoms with Crippen LogP contribution in [0.5, 0.6) is 23.0 Å².